The smallest absolute Gasteiger partial charge is 0.335 e. The van der Waals surface area contributed by atoms with Crippen LogP contribution in [0, 0.1) is 11.6 Å². The maximum atomic E-state index is 16.2. The number of hydrogen-bond acceptors (Lipinski definition) is 4. The van der Waals surface area contributed by atoms with Crippen molar-refractivity contribution in [1.29, 1.82) is 0 Å². The standard InChI is InChI=1S/C26H27F2N3O4/c1-25(2,13-35-3)23-19(14-8-9-26(34,11-14)24(32)33)20-18(10-15-12-29-30-22(15)21(20)28)31(23)17-6-4-16(27)5-7-17/h4-7,10,12,14,34H,8-9,11,13H2,1-3H3,(H,29,30)(H,32,33)/t14-,26+/m1/s1. The lowest BCUT2D eigenvalue weighted by molar-refractivity contribution is -0.157. The first-order valence-corrected chi connectivity index (χ1v) is 11.5. The molecule has 9 heteroatoms. The summed E-state index contributed by atoms with van der Waals surface area (Å²) in [5, 5.41) is 28.0. The summed E-state index contributed by atoms with van der Waals surface area (Å²) in [5.74, 6) is -2.59. The SMILES string of the molecule is COCC(C)(C)c1c([C@@H]2CC[C@@](O)(C(=O)O)C2)c2c(F)c3[nH]ncc3cc2n1-c1ccc(F)cc1. The number of carboxylic acid groups (broad SMARTS) is 1. The molecule has 1 aliphatic carbocycles. The van der Waals surface area contributed by atoms with Crippen LogP contribution in [0.1, 0.15) is 50.3 Å². The summed E-state index contributed by atoms with van der Waals surface area (Å²) in [6, 6.07) is 7.78. The van der Waals surface area contributed by atoms with Crippen LogP contribution in [0.3, 0.4) is 0 Å². The van der Waals surface area contributed by atoms with Gasteiger partial charge < -0.3 is 19.5 Å². The maximum Gasteiger partial charge on any atom is 0.335 e. The van der Waals surface area contributed by atoms with Gasteiger partial charge in [0, 0.05) is 34.7 Å². The van der Waals surface area contributed by atoms with Crippen LogP contribution in [-0.2, 0) is 14.9 Å². The van der Waals surface area contributed by atoms with E-state index in [-0.39, 0.29) is 18.4 Å². The molecule has 2 aromatic heterocycles. The summed E-state index contributed by atoms with van der Waals surface area (Å²) in [5.41, 5.74) is 0.292. The van der Waals surface area contributed by atoms with Crippen LogP contribution >= 0.6 is 0 Å². The third-order valence-electron chi connectivity index (χ3n) is 7.17. The van der Waals surface area contributed by atoms with Crippen molar-refractivity contribution in [2.45, 2.75) is 50.0 Å². The van der Waals surface area contributed by atoms with Crippen molar-refractivity contribution in [3.63, 3.8) is 0 Å². The van der Waals surface area contributed by atoms with Gasteiger partial charge in [0.25, 0.3) is 0 Å². The highest BCUT2D eigenvalue weighted by atomic mass is 19.1. The predicted molar refractivity (Wildman–Crippen MR) is 127 cm³/mol. The van der Waals surface area contributed by atoms with Gasteiger partial charge in [-0.1, -0.05) is 13.8 Å². The number of aromatic nitrogens is 3. The summed E-state index contributed by atoms with van der Waals surface area (Å²) in [7, 11) is 1.58. The Labute approximate surface area is 200 Å². The maximum absolute atomic E-state index is 16.2. The number of nitrogens with one attached hydrogen (secondary N) is 1. The number of H-pyrrole nitrogens is 1. The first kappa shape index (κ1) is 23.4. The van der Waals surface area contributed by atoms with Crippen LogP contribution in [0.5, 0.6) is 0 Å². The quantitative estimate of drug-likeness (QED) is 0.366. The molecular formula is C26H27F2N3O4. The van der Waals surface area contributed by atoms with Gasteiger partial charge in [0.15, 0.2) is 11.4 Å². The van der Waals surface area contributed by atoms with E-state index in [0.717, 1.165) is 5.69 Å². The van der Waals surface area contributed by atoms with Crippen LogP contribution in [0.4, 0.5) is 8.78 Å². The van der Waals surface area contributed by atoms with E-state index in [4.69, 9.17) is 4.74 Å². The molecule has 0 spiro atoms. The minimum Gasteiger partial charge on any atom is -0.479 e. The fourth-order valence-electron chi connectivity index (χ4n) is 5.65. The van der Waals surface area contributed by atoms with Gasteiger partial charge in [-0.15, -0.1) is 0 Å². The molecule has 0 amide bonds. The van der Waals surface area contributed by atoms with E-state index in [2.05, 4.69) is 10.2 Å². The van der Waals surface area contributed by atoms with E-state index in [1.54, 1.807) is 19.2 Å². The fourth-order valence-corrected chi connectivity index (χ4v) is 5.65. The number of halogens is 2. The highest BCUT2D eigenvalue weighted by molar-refractivity contribution is 6.00. The van der Waals surface area contributed by atoms with Gasteiger partial charge in [-0.05, 0) is 61.1 Å². The second-order valence-electron chi connectivity index (χ2n) is 10.1. The third kappa shape index (κ3) is 3.61. The summed E-state index contributed by atoms with van der Waals surface area (Å²) >= 11 is 0. The lowest BCUT2D eigenvalue weighted by atomic mass is 9.81. The predicted octanol–water partition coefficient (Wildman–Crippen LogP) is 4.79. The molecule has 5 rings (SSSR count). The molecule has 4 aromatic rings. The number of carbonyl (C=O) groups is 1. The van der Waals surface area contributed by atoms with Crippen LogP contribution < -0.4 is 0 Å². The molecule has 35 heavy (non-hydrogen) atoms. The number of carboxylic acids is 1. The molecule has 0 bridgehead atoms. The minimum atomic E-state index is -1.88. The molecule has 2 aromatic carbocycles. The Kier molecular flexibility index (Phi) is 5.45. The lowest BCUT2D eigenvalue weighted by Crippen LogP contribution is -2.35. The average molecular weight is 484 g/mol. The van der Waals surface area contributed by atoms with E-state index in [9.17, 15) is 19.4 Å². The molecule has 2 atom stereocenters. The molecule has 184 valence electrons. The monoisotopic (exact) mass is 483 g/mol. The van der Waals surface area contributed by atoms with Gasteiger partial charge >= 0.3 is 5.97 Å². The molecular weight excluding hydrogens is 456 g/mol. The summed E-state index contributed by atoms with van der Waals surface area (Å²) in [6.45, 7) is 4.24. The molecule has 1 fully saturated rings. The molecule has 2 heterocycles. The van der Waals surface area contributed by atoms with Crippen molar-refractivity contribution >= 4 is 27.8 Å². The summed E-state index contributed by atoms with van der Waals surface area (Å²) < 4.78 is 37.4. The van der Waals surface area contributed by atoms with Crippen LogP contribution in [0.2, 0.25) is 0 Å². The molecule has 7 nitrogen and oxygen atoms in total. The number of aliphatic carboxylic acids is 1. The topological polar surface area (TPSA) is 100 Å². The van der Waals surface area contributed by atoms with Gasteiger partial charge in [-0.3, -0.25) is 5.10 Å². The number of aromatic amines is 1. The Bertz CT molecular complexity index is 1440. The number of hydrogen-bond donors (Lipinski definition) is 3. The van der Waals surface area contributed by atoms with Crippen molar-refractivity contribution in [3.8, 4) is 5.69 Å². The normalized spacial score (nSPS) is 20.8. The van der Waals surface area contributed by atoms with Crippen LogP contribution in [0.15, 0.2) is 36.5 Å². The van der Waals surface area contributed by atoms with Crippen molar-refractivity contribution in [3.05, 3.63) is 59.4 Å². The zero-order valence-corrected chi connectivity index (χ0v) is 19.7. The molecule has 1 saturated carbocycles. The number of rotatable bonds is 6. The Hall–Kier alpha value is -3.30. The number of benzene rings is 2. The minimum absolute atomic E-state index is 0.0403. The lowest BCUT2D eigenvalue weighted by Gasteiger charge is -2.29. The largest absolute Gasteiger partial charge is 0.479 e. The zero-order valence-electron chi connectivity index (χ0n) is 19.7. The molecule has 3 N–H and O–H groups in total. The Morgan fingerprint density at radius 2 is 2.03 bits per heavy atom. The van der Waals surface area contributed by atoms with E-state index in [0.29, 0.717) is 40.6 Å². The average Bonchev–Trinajstić information content (AvgIpc) is 3.51. The van der Waals surface area contributed by atoms with Gasteiger partial charge in [-0.25, -0.2) is 13.6 Å². The van der Waals surface area contributed by atoms with Crippen LogP contribution in [0.25, 0.3) is 27.5 Å². The van der Waals surface area contributed by atoms with Gasteiger partial charge in [0.2, 0.25) is 0 Å². The van der Waals surface area contributed by atoms with E-state index in [1.165, 1.54) is 18.3 Å². The Balaban J connectivity index is 1.91. The molecule has 1 aliphatic rings. The number of aliphatic hydroxyl groups is 1. The Morgan fingerprint density at radius 1 is 1.31 bits per heavy atom. The second-order valence-corrected chi connectivity index (χ2v) is 10.1. The van der Waals surface area contributed by atoms with Crippen LogP contribution in [-0.4, -0.2) is 50.3 Å². The highest BCUT2D eigenvalue weighted by Crippen LogP contribution is 2.50. The molecule has 0 unspecified atom stereocenters. The van der Waals surface area contributed by atoms with Gasteiger partial charge in [0.1, 0.15) is 11.3 Å². The van der Waals surface area contributed by atoms with E-state index >= 15 is 4.39 Å². The highest BCUT2D eigenvalue weighted by Gasteiger charge is 2.47. The first-order chi connectivity index (χ1) is 16.6. The van der Waals surface area contributed by atoms with Crippen molar-refractivity contribution in [2.75, 3.05) is 13.7 Å². The number of nitrogens with zero attached hydrogens (tertiary/aromatic N) is 2. The fraction of sp³-hybridized carbons (Fsp3) is 0.385. The molecule has 0 saturated heterocycles. The number of fused-ring (bicyclic) bond motifs is 2. The number of methoxy groups -OCH3 is 1. The number of ether oxygens (including phenoxy) is 1. The zero-order chi connectivity index (χ0) is 25.1. The van der Waals surface area contributed by atoms with E-state index < -0.39 is 34.5 Å². The summed E-state index contributed by atoms with van der Waals surface area (Å²) in [6.07, 6.45) is 1.94. The Morgan fingerprint density at radius 3 is 2.66 bits per heavy atom. The van der Waals surface area contributed by atoms with E-state index in [1.807, 2.05) is 24.5 Å². The second kappa shape index (κ2) is 8.13. The third-order valence-corrected chi connectivity index (χ3v) is 7.17. The van der Waals surface area contributed by atoms with Crippen molar-refractivity contribution in [1.82, 2.24) is 14.8 Å². The first-order valence-electron chi connectivity index (χ1n) is 11.5. The molecule has 0 radical (unpaired) electrons. The van der Waals surface area contributed by atoms with Gasteiger partial charge in [0.05, 0.1) is 18.3 Å². The van der Waals surface area contributed by atoms with Crippen molar-refractivity contribution < 1.29 is 28.5 Å². The van der Waals surface area contributed by atoms with Crippen molar-refractivity contribution in [2.24, 2.45) is 0 Å². The molecule has 0 aliphatic heterocycles. The summed E-state index contributed by atoms with van der Waals surface area (Å²) in [4.78, 5) is 11.8. The van der Waals surface area contributed by atoms with Gasteiger partial charge in [-0.2, -0.15) is 5.10 Å².